The SMILES string of the molecule is O=C(COc1ccccc1)Nc1ccc(F)c(Br)c1. The fourth-order valence-corrected chi connectivity index (χ4v) is 1.82. The number of nitrogens with one attached hydrogen (secondary N) is 1. The first-order valence-corrected chi connectivity index (χ1v) is 6.37. The molecule has 2 aromatic rings. The van der Waals surface area contributed by atoms with Gasteiger partial charge in [-0.05, 0) is 46.3 Å². The van der Waals surface area contributed by atoms with Crippen LogP contribution in [0.2, 0.25) is 0 Å². The first-order chi connectivity index (χ1) is 9.15. The van der Waals surface area contributed by atoms with Gasteiger partial charge in [0.1, 0.15) is 11.6 Å². The normalized spacial score (nSPS) is 10.0. The first kappa shape index (κ1) is 13.5. The molecule has 0 saturated carbocycles. The van der Waals surface area contributed by atoms with Gasteiger partial charge in [-0.2, -0.15) is 0 Å². The summed E-state index contributed by atoms with van der Waals surface area (Å²) in [5.41, 5.74) is 0.509. The summed E-state index contributed by atoms with van der Waals surface area (Å²) < 4.78 is 18.6. The van der Waals surface area contributed by atoms with E-state index in [0.717, 1.165) is 0 Å². The van der Waals surface area contributed by atoms with Gasteiger partial charge in [0.05, 0.1) is 4.47 Å². The fraction of sp³-hybridized carbons (Fsp3) is 0.0714. The van der Waals surface area contributed by atoms with Gasteiger partial charge in [0, 0.05) is 5.69 Å². The molecule has 0 aliphatic carbocycles. The average molecular weight is 324 g/mol. The van der Waals surface area contributed by atoms with E-state index < -0.39 is 0 Å². The van der Waals surface area contributed by atoms with Crippen LogP contribution >= 0.6 is 15.9 Å². The second-order valence-electron chi connectivity index (χ2n) is 3.78. The lowest BCUT2D eigenvalue weighted by Gasteiger charge is -2.07. The molecule has 2 rings (SSSR count). The van der Waals surface area contributed by atoms with Crippen LogP contribution < -0.4 is 10.1 Å². The molecule has 0 atom stereocenters. The number of amides is 1. The Morgan fingerprint density at radius 3 is 2.63 bits per heavy atom. The van der Waals surface area contributed by atoms with Gasteiger partial charge in [-0.15, -0.1) is 0 Å². The van der Waals surface area contributed by atoms with Crippen molar-refractivity contribution in [2.24, 2.45) is 0 Å². The third kappa shape index (κ3) is 4.06. The molecule has 0 spiro atoms. The smallest absolute Gasteiger partial charge is 0.262 e. The van der Waals surface area contributed by atoms with Crippen molar-refractivity contribution in [3.8, 4) is 5.75 Å². The van der Waals surface area contributed by atoms with Crippen molar-refractivity contribution < 1.29 is 13.9 Å². The monoisotopic (exact) mass is 323 g/mol. The van der Waals surface area contributed by atoms with Crippen LogP contribution in [0.3, 0.4) is 0 Å². The molecule has 0 aliphatic heterocycles. The fourth-order valence-electron chi connectivity index (χ4n) is 1.44. The maximum absolute atomic E-state index is 13.0. The third-order valence-electron chi connectivity index (χ3n) is 2.32. The van der Waals surface area contributed by atoms with E-state index in [-0.39, 0.29) is 18.3 Å². The zero-order valence-electron chi connectivity index (χ0n) is 9.90. The number of hydrogen-bond acceptors (Lipinski definition) is 2. The number of carbonyl (C=O) groups excluding carboxylic acids is 1. The van der Waals surface area contributed by atoms with Crippen LogP contribution in [0.1, 0.15) is 0 Å². The Bertz CT molecular complexity index is 575. The van der Waals surface area contributed by atoms with Gasteiger partial charge in [0.25, 0.3) is 5.91 Å². The number of benzene rings is 2. The Balaban J connectivity index is 1.89. The maximum atomic E-state index is 13.0. The molecular weight excluding hydrogens is 313 g/mol. The van der Waals surface area contributed by atoms with E-state index in [2.05, 4.69) is 21.2 Å². The maximum Gasteiger partial charge on any atom is 0.262 e. The van der Waals surface area contributed by atoms with Gasteiger partial charge >= 0.3 is 0 Å². The molecule has 2 aromatic carbocycles. The summed E-state index contributed by atoms with van der Waals surface area (Å²) in [5.74, 6) is -0.0566. The second-order valence-corrected chi connectivity index (χ2v) is 4.63. The summed E-state index contributed by atoms with van der Waals surface area (Å²) in [6, 6.07) is 13.3. The number of rotatable bonds is 4. The van der Waals surface area contributed by atoms with E-state index in [4.69, 9.17) is 4.74 Å². The van der Waals surface area contributed by atoms with Crippen molar-refractivity contribution in [2.45, 2.75) is 0 Å². The van der Waals surface area contributed by atoms with Crippen LogP contribution in [0, 0.1) is 5.82 Å². The van der Waals surface area contributed by atoms with Crippen molar-refractivity contribution in [1.29, 1.82) is 0 Å². The lowest BCUT2D eigenvalue weighted by atomic mass is 10.3. The lowest BCUT2D eigenvalue weighted by Crippen LogP contribution is -2.20. The van der Waals surface area contributed by atoms with E-state index >= 15 is 0 Å². The Morgan fingerprint density at radius 1 is 1.21 bits per heavy atom. The number of para-hydroxylation sites is 1. The third-order valence-corrected chi connectivity index (χ3v) is 2.92. The highest BCUT2D eigenvalue weighted by Crippen LogP contribution is 2.19. The summed E-state index contributed by atoms with van der Waals surface area (Å²) in [7, 11) is 0. The van der Waals surface area contributed by atoms with E-state index in [0.29, 0.717) is 15.9 Å². The Labute approximate surface area is 118 Å². The van der Waals surface area contributed by atoms with E-state index in [1.54, 1.807) is 12.1 Å². The molecule has 98 valence electrons. The quantitative estimate of drug-likeness (QED) is 0.933. The van der Waals surface area contributed by atoms with Crippen LogP contribution in [0.25, 0.3) is 0 Å². The largest absolute Gasteiger partial charge is 0.484 e. The second kappa shape index (κ2) is 6.33. The highest BCUT2D eigenvalue weighted by molar-refractivity contribution is 9.10. The molecule has 0 heterocycles. The van der Waals surface area contributed by atoms with Crippen LogP contribution in [0.15, 0.2) is 53.0 Å². The minimum atomic E-state index is -0.376. The predicted octanol–water partition coefficient (Wildman–Crippen LogP) is 3.61. The van der Waals surface area contributed by atoms with Crippen molar-refractivity contribution in [1.82, 2.24) is 0 Å². The Hall–Kier alpha value is -1.88. The molecule has 0 radical (unpaired) electrons. The van der Waals surface area contributed by atoms with Gasteiger partial charge in [0.15, 0.2) is 6.61 Å². The highest BCUT2D eigenvalue weighted by atomic mass is 79.9. The van der Waals surface area contributed by atoms with Gasteiger partial charge in [-0.25, -0.2) is 4.39 Å². The van der Waals surface area contributed by atoms with Gasteiger partial charge in [-0.1, -0.05) is 18.2 Å². The lowest BCUT2D eigenvalue weighted by molar-refractivity contribution is -0.118. The number of halogens is 2. The zero-order chi connectivity index (χ0) is 13.7. The summed E-state index contributed by atoms with van der Waals surface area (Å²) >= 11 is 3.05. The Morgan fingerprint density at radius 2 is 1.95 bits per heavy atom. The molecule has 0 unspecified atom stereocenters. The summed E-state index contributed by atoms with van der Waals surface area (Å²) in [6.07, 6.45) is 0. The molecule has 1 N–H and O–H groups in total. The molecule has 19 heavy (non-hydrogen) atoms. The average Bonchev–Trinajstić information content (AvgIpc) is 2.42. The molecule has 0 aliphatic rings. The topological polar surface area (TPSA) is 38.3 Å². The summed E-state index contributed by atoms with van der Waals surface area (Å²) in [6.45, 7) is -0.0982. The molecule has 0 bridgehead atoms. The number of ether oxygens (including phenoxy) is 1. The minimum absolute atomic E-state index is 0.0982. The number of carbonyl (C=O) groups is 1. The molecule has 5 heteroatoms. The van der Waals surface area contributed by atoms with Crippen LogP contribution in [0.4, 0.5) is 10.1 Å². The van der Waals surface area contributed by atoms with E-state index in [9.17, 15) is 9.18 Å². The van der Waals surface area contributed by atoms with Crippen LogP contribution in [0.5, 0.6) is 5.75 Å². The van der Waals surface area contributed by atoms with Crippen molar-refractivity contribution >= 4 is 27.5 Å². The van der Waals surface area contributed by atoms with Crippen molar-refractivity contribution in [2.75, 3.05) is 11.9 Å². The molecule has 1 amide bonds. The molecule has 0 aromatic heterocycles. The van der Waals surface area contributed by atoms with E-state index in [1.807, 2.05) is 18.2 Å². The minimum Gasteiger partial charge on any atom is -0.484 e. The standard InChI is InChI=1S/C14H11BrFNO2/c15-12-8-10(6-7-13(12)16)17-14(18)9-19-11-4-2-1-3-5-11/h1-8H,9H2,(H,17,18). The molecular formula is C14H11BrFNO2. The van der Waals surface area contributed by atoms with E-state index in [1.165, 1.54) is 18.2 Å². The predicted molar refractivity (Wildman–Crippen MR) is 74.7 cm³/mol. The number of anilines is 1. The molecule has 0 saturated heterocycles. The summed E-state index contributed by atoms with van der Waals surface area (Å²) in [4.78, 5) is 11.6. The highest BCUT2D eigenvalue weighted by Gasteiger charge is 2.05. The number of hydrogen-bond donors (Lipinski definition) is 1. The van der Waals surface area contributed by atoms with Gasteiger partial charge in [0.2, 0.25) is 0 Å². The zero-order valence-corrected chi connectivity index (χ0v) is 11.5. The Kier molecular flexibility index (Phi) is 4.52. The van der Waals surface area contributed by atoms with Gasteiger partial charge < -0.3 is 10.1 Å². The van der Waals surface area contributed by atoms with Crippen LogP contribution in [-0.4, -0.2) is 12.5 Å². The molecule has 0 fully saturated rings. The van der Waals surface area contributed by atoms with Crippen LogP contribution in [-0.2, 0) is 4.79 Å². The first-order valence-electron chi connectivity index (χ1n) is 5.58. The molecule has 3 nitrogen and oxygen atoms in total. The van der Waals surface area contributed by atoms with Crippen molar-refractivity contribution in [3.05, 3.63) is 58.8 Å². The van der Waals surface area contributed by atoms with Crippen molar-refractivity contribution in [3.63, 3.8) is 0 Å². The summed E-state index contributed by atoms with van der Waals surface area (Å²) in [5, 5.41) is 2.62. The van der Waals surface area contributed by atoms with Gasteiger partial charge in [-0.3, -0.25) is 4.79 Å².